The van der Waals surface area contributed by atoms with E-state index in [1.54, 1.807) is 0 Å². The predicted molar refractivity (Wildman–Crippen MR) is 206 cm³/mol. The highest BCUT2D eigenvalue weighted by Gasteiger charge is 2.33. The van der Waals surface area contributed by atoms with Crippen LogP contribution in [0.3, 0.4) is 0 Å². The normalized spacial score (nSPS) is 12.3. The molecule has 5 aromatic rings. The lowest BCUT2D eigenvalue weighted by Crippen LogP contribution is -2.33. The number of hydrogen-bond acceptors (Lipinski definition) is 0. The molecule has 0 aliphatic rings. The molecule has 0 saturated carbocycles. The number of benzene rings is 5. The average Bonchev–Trinajstić information content (AvgIpc) is 3.02. The third-order valence-electron chi connectivity index (χ3n) is 11.7. The van der Waals surface area contributed by atoms with Gasteiger partial charge in [0.15, 0.2) is 0 Å². The minimum atomic E-state index is -1.78. The van der Waals surface area contributed by atoms with Gasteiger partial charge in [0, 0.05) is 5.56 Å². The Labute approximate surface area is 269 Å². The SMILES string of the molecule is C=C(c1c2cc3cc(C)c(C)cc3cc2c(C#C[Si](CC)(CC)CC)c2cc3cc(C)c(C)cc3cc12)[Si](CC)(CC)CC. The maximum Gasteiger partial charge on any atom is 0.138 e. The van der Waals surface area contributed by atoms with Crippen LogP contribution in [0.5, 0.6) is 0 Å². The van der Waals surface area contributed by atoms with Gasteiger partial charge in [-0.25, -0.2) is 0 Å². The van der Waals surface area contributed by atoms with Crippen molar-refractivity contribution < 1.29 is 0 Å². The van der Waals surface area contributed by atoms with Crippen molar-refractivity contribution >= 4 is 64.4 Å². The monoisotopic (exact) mass is 612 g/mol. The summed E-state index contributed by atoms with van der Waals surface area (Å²) in [4.78, 5) is 0. The second-order valence-electron chi connectivity index (χ2n) is 13.5. The molecule has 2 heteroatoms. The molecule has 0 saturated heterocycles. The van der Waals surface area contributed by atoms with Crippen LogP contribution < -0.4 is 0 Å². The molecule has 0 aromatic heterocycles. The number of rotatable bonds is 8. The lowest BCUT2D eigenvalue weighted by atomic mass is 9.87. The molecular weight excluding hydrogens is 561 g/mol. The van der Waals surface area contributed by atoms with Crippen molar-refractivity contribution in [2.45, 2.75) is 106 Å². The molecule has 0 heterocycles. The molecule has 0 N–H and O–H groups in total. The predicted octanol–water partition coefficient (Wildman–Crippen LogP) is 13.0. The van der Waals surface area contributed by atoms with Crippen LogP contribution in [0.1, 0.15) is 74.9 Å². The second kappa shape index (κ2) is 12.3. The zero-order chi connectivity index (χ0) is 32.0. The van der Waals surface area contributed by atoms with Gasteiger partial charge in [0.25, 0.3) is 0 Å². The Morgan fingerprint density at radius 1 is 0.523 bits per heavy atom. The first-order valence-corrected chi connectivity index (χ1v) is 22.3. The van der Waals surface area contributed by atoms with Gasteiger partial charge >= 0.3 is 0 Å². The van der Waals surface area contributed by atoms with Crippen molar-refractivity contribution in [2.24, 2.45) is 0 Å². The van der Waals surface area contributed by atoms with Gasteiger partial charge in [0.05, 0.1) is 8.07 Å². The van der Waals surface area contributed by atoms with Gasteiger partial charge < -0.3 is 0 Å². The summed E-state index contributed by atoms with van der Waals surface area (Å²) < 4.78 is 0. The molecule has 0 aliphatic carbocycles. The van der Waals surface area contributed by atoms with Crippen LogP contribution in [0.25, 0.3) is 48.3 Å². The van der Waals surface area contributed by atoms with Gasteiger partial charge in [-0.15, -0.1) is 5.54 Å². The van der Waals surface area contributed by atoms with E-state index in [4.69, 9.17) is 6.58 Å². The Morgan fingerprint density at radius 2 is 0.864 bits per heavy atom. The van der Waals surface area contributed by atoms with Gasteiger partial charge in [-0.2, -0.15) is 0 Å². The van der Waals surface area contributed by atoms with E-state index in [9.17, 15) is 0 Å². The fourth-order valence-electron chi connectivity index (χ4n) is 7.60. The van der Waals surface area contributed by atoms with E-state index < -0.39 is 16.1 Å². The van der Waals surface area contributed by atoms with E-state index in [0.717, 1.165) is 0 Å². The van der Waals surface area contributed by atoms with Crippen LogP contribution in [0.2, 0.25) is 36.3 Å². The number of aryl methyl sites for hydroxylation is 4. The van der Waals surface area contributed by atoms with Gasteiger partial charge in [0.2, 0.25) is 0 Å². The molecule has 44 heavy (non-hydrogen) atoms. The Balaban J connectivity index is 2.08. The van der Waals surface area contributed by atoms with Crippen molar-refractivity contribution in [2.75, 3.05) is 0 Å². The smallest absolute Gasteiger partial charge is 0.126 e. The van der Waals surface area contributed by atoms with Crippen molar-refractivity contribution in [1.29, 1.82) is 0 Å². The van der Waals surface area contributed by atoms with Crippen LogP contribution in [0, 0.1) is 39.2 Å². The van der Waals surface area contributed by atoms with Crippen molar-refractivity contribution in [3.63, 3.8) is 0 Å². The van der Waals surface area contributed by atoms with Crippen LogP contribution in [-0.2, 0) is 0 Å². The van der Waals surface area contributed by atoms with E-state index in [1.165, 1.54) is 118 Å². The molecule has 0 fully saturated rings. The van der Waals surface area contributed by atoms with Gasteiger partial charge in [-0.3, -0.25) is 0 Å². The first-order valence-electron chi connectivity index (χ1n) is 17.1. The molecule has 0 atom stereocenters. The summed E-state index contributed by atoms with van der Waals surface area (Å²) >= 11 is 0. The fourth-order valence-corrected chi connectivity index (χ4v) is 13.6. The molecule has 228 valence electrons. The molecule has 0 amide bonds. The van der Waals surface area contributed by atoms with Gasteiger partial charge in [0.1, 0.15) is 8.07 Å². The highest BCUT2D eigenvalue weighted by molar-refractivity contribution is 6.96. The van der Waals surface area contributed by atoms with Crippen molar-refractivity contribution in [1.82, 2.24) is 0 Å². The molecule has 0 spiro atoms. The zero-order valence-corrected chi connectivity index (χ0v) is 31.1. The van der Waals surface area contributed by atoms with E-state index in [2.05, 4.69) is 129 Å². The maximum absolute atomic E-state index is 5.02. The standard InChI is InChI=1S/C42H52Si2/c1-12-43(13-2,14-3)19-18-37-38-24-33-20-28(7)30(9)22-35(33)26-40(38)42(32(11)44(15-4,16-5)17-6)41-27-36-23-31(10)29(8)21-34(36)25-39(37)41/h20-27H,11-17H2,1-10H3. The van der Waals surface area contributed by atoms with E-state index in [1.807, 2.05) is 0 Å². The molecule has 0 unspecified atom stereocenters. The summed E-state index contributed by atoms with van der Waals surface area (Å²) in [5.74, 6) is 3.95. The van der Waals surface area contributed by atoms with Crippen LogP contribution in [0.15, 0.2) is 55.1 Å². The second-order valence-corrected chi connectivity index (χ2v) is 23.7. The highest BCUT2D eigenvalue weighted by Crippen LogP contribution is 2.45. The Morgan fingerprint density at radius 3 is 1.18 bits per heavy atom. The lowest BCUT2D eigenvalue weighted by Gasteiger charge is -2.32. The molecular formula is C42H52Si2. The third kappa shape index (κ3) is 5.27. The first kappa shape index (κ1) is 32.3. The van der Waals surface area contributed by atoms with E-state index in [-0.39, 0.29) is 0 Å². The molecule has 5 aromatic carbocycles. The Hall–Kier alpha value is -3.13. The largest absolute Gasteiger partial charge is 0.138 e. The summed E-state index contributed by atoms with van der Waals surface area (Å²) in [6.07, 6.45) is 0. The van der Waals surface area contributed by atoms with Crippen LogP contribution in [0.4, 0.5) is 0 Å². The summed E-state index contributed by atoms with van der Waals surface area (Å²) in [6, 6.07) is 26.7. The first-order chi connectivity index (χ1) is 21.0. The van der Waals surface area contributed by atoms with Crippen molar-refractivity contribution in [3.8, 4) is 11.5 Å². The average molecular weight is 613 g/mol. The molecule has 0 nitrogen and oxygen atoms in total. The molecule has 0 radical (unpaired) electrons. The minimum absolute atomic E-state index is 1.21. The van der Waals surface area contributed by atoms with E-state index in [0.29, 0.717) is 0 Å². The lowest BCUT2D eigenvalue weighted by molar-refractivity contribution is 1.20. The molecule has 0 bridgehead atoms. The third-order valence-corrected chi connectivity index (χ3v) is 22.0. The fraction of sp³-hybridized carbons (Fsp3) is 0.381. The quantitative estimate of drug-likeness (QED) is 0.0929. The Bertz CT molecular complexity index is 1860. The Kier molecular flexibility index (Phi) is 9.05. The molecule has 5 rings (SSSR count). The summed E-state index contributed by atoms with van der Waals surface area (Å²) in [7, 11) is -3.45. The minimum Gasteiger partial charge on any atom is -0.126 e. The van der Waals surface area contributed by atoms with Crippen LogP contribution in [-0.4, -0.2) is 16.1 Å². The van der Waals surface area contributed by atoms with Crippen molar-refractivity contribution in [3.05, 3.63) is 88.5 Å². The topological polar surface area (TPSA) is 0 Å². The molecule has 0 aliphatic heterocycles. The maximum atomic E-state index is 5.02. The van der Waals surface area contributed by atoms with Gasteiger partial charge in [-0.1, -0.05) is 102 Å². The summed E-state index contributed by atoms with van der Waals surface area (Å²) in [6.45, 7) is 28.3. The van der Waals surface area contributed by atoms with E-state index >= 15 is 0 Å². The summed E-state index contributed by atoms with van der Waals surface area (Å²) in [5, 5.41) is 12.0. The van der Waals surface area contributed by atoms with Crippen LogP contribution >= 0.6 is 0 Å². The summed E-state index contributed by atoms with van der Waals surface area (Å²) in [5.41, 5.74) is 12.0. The van der Waals surface area contributed by atoms with Gasteiger partial charge in [-0.05, 0) is 141 Å². The number of hydrogen-bond donors (Lipinski definition) is 0. The highest BCUT2D eigenvalue weighted by atomic mass is 28.3. The number of fused-ring (bicyclic) bond motifs is 4. The zero-order valence-electron chi connectivity index (χ0n) is 29.1.